The van der Waals surface area contributed by atoms with Crippen LogP contribution < -0.4 is 11.2 Å². The van der Waals surface area contributed by atoms with Gasteiger partial charge in [0.05, 0.1) is 0 Å². The molecule has 0 radical (unpaired) electrons. The predicted octanol–water partition coefficient (Wildman–Crippen LogP) is 0.331. The fourth-order valence-electron chi connectivity index (χ4n) is 3.06. The normalized spacial score (nSPS) is 17.2. The first kappa shape index (κ1) is 16.2. The van der Waals surface area contributed by atoms with Gasteiger partial charge in [-0.05, 0) is 37.3 Å². The number of aromatic nitrogens is 3. The van der Waals surface area contributed by atoms with Crippen molar-refractivity contribution in [1.29, 1.82) is 0 Å². The lowest BCUT2D eigenvalue weighted by atomic mass is 10.0. The van der Waals surface area contributed by atoms with E-state index in [1.165, 1.54) is 16.3 Å². The number of nitrogens with zero attached hydrogens (tertiary/aromatic N) is 3. The molecule has 0 saturated carbocycles. The number of pyridine rings is 1. The standard InChI is InChI=1S/C17H20N4O3/c1-12-9-21(17(24)19-16(12)23)11-15(22)20-6-4-14(10-20)7-13-3-2-5-18-8-13/h2-3,5,8-9,14H,4,6-7,10-11H2,1H3,(H,19,23,24). The van der Waals surface area contributed by atoms with Crippen LogP contribution in [0.3, 0.4) is 0 Å². The van der Waals surface area contributed by atoms with Crippen LogP contribution in [0.5, 0.6) is 0 Å². The van der Waals surface area contributed by atoms with Crippen LogP contribution in [-0.4, -0.2) is 38.4 Å². The molecule has 0 aromatic carbocycles. The SMILES string of the molecule is Cc1cn(CC(=O)N2CCC(Cc3cccnc3)C2)c(=O)[nH]c1=O. The van der Waals surface area contributed by atoms with Gasteiger partial charge in [-0.25, -0.2) is 4.79 Å². The van der Waals surface area contributed by atoms with Crippen molar-refractivity contribution < 1.29 is 4.79 Å². The van der Waals surface area contributed by atoms with Gasteiger partial charge in [0.1, 0.15) is 6.54 Å². The van der Waals surface area contributed by atoms with E-state index in [1.807, 2.05) is 18.3 Å². The first-order valence-corrected chi connectivity index (χ1v) is 8.00. The van der Waals surface area contributed by atoms with Gasteiger partial charge in [0.25, 0.3) is 5.56 Å². The van der Waals surface area contributed by atoms with Crippen LogP contribution in [0, 0.1) is 12.8 Å². The Kier molecular flexibility index (Phi) is 4.59. The average Bonchev–Trinajstić information content (AvgIpc) is 3.02. The van der Waals surface area contributed by atoms with Crippen molar-refractivity contribution in [3.63, 3.8) is 0 Å². The number of carbonyl (C=O) groups excluding carboxylic acids is 1. The van der Waals surface area contributed by atoms with Gasteiger partial charge in [0, 0.05) is 37.2 Å². The lowest BCUT2D eigenvalue weighted by molar-refractivity contribution is -0.131. The summed E-state index contributed by atoms with van der Waals surface area (Å²) in [5, 5.41) is 0. The van der Waals surface area contributed by atoms with Crippen molar-refractivity contribution >= 4 is 5.91 Å². The van der Waals surface area contributed by atoms with Crippen LogP contribution in [0.4, 0.5) is 0 Å². The molecule has 1 saturated heterocycles. The Morgan fingerprint density at radius 1 is 1.42 bits per heavy atom. The Hall–Kier alpha value is -2.70. The van der Waals surface area contributed by atoms with Gasteiger partial charge in [0.2, 0.25) is 5.91 Å². The Balaban J connectivity index is 1.62. The molecule has 1 atom stereocenters. The second-order valence-electron chi connectivity index (χ2n) is 6.26. The maximum Gasteiger partial charge on any atom is 0.328 e. The minimum Gasteiger partial charge on any atom is -0.341 e. The Bertz CT molecular complexity index is 841. The molecular formula is C17H20N4O3. The van der Waals surface area contributed by atoms with Crippen LogP contribution in [0.1, 0.15) is 17.5 Å². The maximum atomic E-state index is 12.4. The van der Waals surface area contributed by atoms with E-state index in [1.54, 1.807) is 18.0 Å². The summed E-state index contributed by atoms with van der Waals surface area (Å²) in [6.07, 6.45) is 6.88. The predicted molar refractivity (Wildman–Crippen MR) is 88.7 cm³/mol. The first-order chi connectivity index (χ1) is 11.5. The third kappa shape index (κ3) is 3.61. The number of hydrogen-bond acceptors (Lipinski definition) is 4. The van der Waals surface area contributed by atoms with Crippen molar-refractivity contribution in [2.45, 2.75) is 26.3 Å². The van der Waals surface area contributed by atoms with E-state index >= 15 is 0 Å². The van der Waals surface area contributed by atoms with Gasteiger partial charge in [-0.15, -0.1) is 0 Å². The van der Waals surface area contributed by atoms with Gasteiger partial charge in [-0.1, -0.05) is 6.07 Å². The molecule has 1 aliphatic rings. The highest BCUT2D eigenvalue weighted by Gasteiger charge is 2.26. The molecule has 0 aliphatic carbocycles. The molecule has 0 spiro atoms. The summed E-state index contributed by atoms with van der Waals surface area (Å²) in [4.78, 5) is 43.7. The summed E-state index contributed by atoms with van der Waals surface area (Å²) >= 11 is 0. The quantitative estimate of drug-likeness (QED) is 0.876. The molecule has 2 aromatic rings. The zero-order chi connectivity index (χ0) is 17.1. The molecule has 1 amide bonds. The molecule has 3 heterocycles. The summed E-state index contributed by atoms with van der Waals surface area (Å²) in [6, 6.07) is 3.96. The second kappa shape index (κ2) is 6.82. The van der Waals surface area contributed by atoms with Crippen molar-refractivity contribution in [3.05, 3.63) is 62.7 Å². The van der Waals surface area contributed by atoms with E-state index in [0.717, 1.165) is 12.8 Å². The number of aromatic amines is 1. The molecule has 7 heteroatoms. The van der Waals surface area contributed by atoms with Gasteiger partial charge in [-0.2, -0.15) is 0 Å². The Morgan fingerprint density at radius 3 is 3.00 bits per heavy atom. The average molecular weight is 328 g/mol. The molecule has 2 aromatic heterocycles. The van der Waals surface area contributed by atoms with Gasteiger partial charge < -0.3 is 4.90 Å². The zero-order valence-electron chi connectivity index (χ0n) is 13.6. The van der Waals surface area contributed by atoms with Crippen molar-refractivity contribution in [3.8, 4) is 0 Å². The summed E-state index contributed by atoms with van der Waals surface area (Å²) in [6.45, 7) is 2.95. The lowest BCUT2D eigenvalue weighted by Crippen LogP contribution is -2.38. The van der Waals surface area contributed by atoms with Crippen molar-refractivity contribution in [2.75, 3.05) is 13.1 Å². The number of carbonyl (C=O) groups is 1. The summed E-state index contributed by atoms with van der Waals surface area (Å²) in [7, 11) is 0. The summed E-state index contributed by atoms with van der Waals surface area (Å²) in [5.74, 6) is 0.310. The van der Waals surface area contributed by atoms with Crippen molar-refractivity contribution in [2.24, 2.45) is 5.92 Å². The summed E-state index contributed by atoms with van der Waals surface area (Å²) in [5.41, 5.74) is 0.619. The molecule has 1 N–H and O–H groups in total. The topological polar surface area (TPSA) is 88.1 Å². The monoisotopic (exact) mass is 328 g/mol. The maximum absolute atomic E-state index is 12.4. The lowest BCUT2D eigenvalue weighted by Gasteiger charge is -2.17. The largest absolute Gasteiger partial charge is 0.341 e. The molecule has 1 aliphatic heterocycles. The van der Waals surface area contributed by atoms with Crippen LogP contribution >= 0.6 is 0 Å². The number of likely N-dealkylation sites (tertiary alicyclic amines) is 1. The number of aryl methyl sites for hydroxylation is 1. The third-order valence-electron chi connectivity index (χ3n) is 4.38. The number of nitrogens with one attached hydrogen (secondary N) is 1. The third-order valence-corrected chi connectivity index (χ3v) is 4.38. The highest BCUT2D eigenvalue weighted by Crippen LogP contribution is 2.20. The van der Waals surface area contributed by atoms with E-state index in [2.05, 4.69) is 9.97 Å². The van der Waals surface area contributed by atoms with E-state index in [4.69, 9.17) is 0 Å². The van der Waals surface area contributed by atoms with E-state index in [-0.39, 0.29) is 12.5 Å². The van der Waals surface area contributed by atoms with E-state index in [0.29, 0.717) is 24.6 Å². The smallest absolute Gasteiger partial charge is 0.328 e. The number of H-pyrrole nitrogens is 1. The van der Waals surface area contributed by atoms with Crippen LogP contribution in [0.25, 0.3) is 0 Å². The highest BCUT2D eigenvalue weighted by molar-refractivity contribution is 5.76. The molecule has 24 heavy (non-hydrogen) atoms. The molecule has 126 valence electrons. The van der Waals surface area contributed by atoms with Crippen LogP contribution in [0.15, 0.2) is 40.3 Å². The molecule has 3 rings (SSSR count). The molecule has 0 bridgehead atoms. The number of rotatable bonds is 4. The summed E-state index contributed by atoms with van der Waals surface area (Å²) < 4.78 is 1.26. The Labute approximate surface area is 139 Å². The fourth-order valence-corrected chi connectivity index (χ4v) is 3.06. The first-order valence-electron chi connectivity index (χ1n) is 8.00. The van der Waals surface area contributed by atoms with E-state index < -0.39 is 11.2 Å². The zero-order valence-corrected chi connectivity index (χ0v) is 13.6. The van der Waals surface area contributed by atoms with Crippen molar-refractivity contribution in [1.82, 2.24) is 19.4 Å². The molecule has 1 unspecified atom stereocenters. The highest BCUT2D eigenvalue weighted by atomic mass is 16.2. The number of hydrogen-bond donors (Lipinski definition) is 1. The minimum absolute atomic E-state index is 0.0456. The number of amides is 1. The molecular weight excluding hydrogens is 308 g/mol. The van der Waals surface area contributed by atoms with Crippen LogP contribution in [-0.2, 0) is 17.8 Å². The van der Waals surface area contributed by atoms with Crippen LogP contribution in [0.2, 0.25) is 0 Å². The molecule has 7 nitrogen and oxygen atoms in total. The molecule has 1 fully saturated rings. The van der Waals surface area contributed by atoms with Gasteiger partial charge >= 0.3 is 5.69 Å². The van der Waals surface area contributed by atoms with Gasteiger partial charge in [-0.3, -0.25) is 24.1 Å². The van der Waals surface area contributed by atoms with E-state index in [9.17, 15) is 14.4 Å². The second-order valence-corrected chi connectivity index (χ2v) is 6.26. The minimum atomic E-state index is -0.551. The fraction of sp³-hybridized carbons (Fsp3) is 0.412. The van der Waals surface area contributed by atoms with Gasteiger partial charge in [0.15, 0.2) is 0 Å². The Morgan fingerprint density at radius 2 is 2.25 bits per heavy atom.